The van der Waals surface area contributed by atoms with Crippen molar-refractivity contribution in [2.24, 2.45) is 0 Å². The molecule has 0 aromatic heterocycles. The molecule has 3 rings (SSSR count). The van der Waals surface area contributed by atoms with Gasteiger partial charge in [0, 0.05) is 18.7 Å². The maximum absolute atomic E-state index is 12.5. The molecule has 0 spiro atoms. The van der Waals surface area contributed by atoms with Gasteiger partial charge in [0.25, 0.3) is 5.69 Å². The van der Waals surface area contributed by atoms with E-state index in [4.69, 9.17) is 4.74 Å². The van der Waals surface area contributed by atoms with Gasteiger partial charge in [-0.1, -0.05) is 36.4 Å². The SMILES string of the molecule is O=C(CNS(=O)(=O)c1cccc([N+](=O)[O-])c1)N1CCOC(c2ccccc2)C1. The van der Waals surface area contributed by atoms with Gasteiger partial charge in [0.15, 0.2) is 0 Å². The zero-order chi connectivity index (χ0) is 20.1. The van der Waals surface area contributed by atoms with Crippen molar-refractivity contribution in [1.82, 2.24) is 9.62 Å². The zero-order valence-corrected chi connectivity index (χ0v) is 15.7. The number of ether oxygens (including phenoxy) is 1. The maximum Gasteiger partial charge on any atom is 0.270 e. The molecule has 1 N–H and O–H groups in total. The Morgan fingerprint density at radius 2 is 1.96 bits per heavy atom. The number of morpholine rings is 1. The first-order valence-corrected chi connectivity index (χ1v) is 10.0. The van der Waals surface area contributed by atoms with Crippen molar-refractivity contribution in [2.75, 3.05) is 26.2 Å². The highest BCUT2D eigenvalue weighted by molar-refractivity contribution is 7.89. The van der Waals surface area contributed by atoms with Crippen LogP contribution in [0.15, 0.2) is 59.5 Å². The molecule has 0 radical (unpaired) electrons. The van der Waals surface area contributed by atoms with E-state index >= 15 is 0 Å². The molecule has 28 heavy (non-hydrogen) atoms. The first kappa shape index (κ1) is 19.9. The van der Waals surface area contributed by atoms with Crippen LogP contribution in [0.25, 0.3) is 0 Å². The van der Waals surface area contributed by atoms with Crippen LogP contribution >= 0.6 is 0 Å². The molecule has 9 nitrogen and oxygen atoms in total. The van der Waals surface area contributed by atoms with Crippen LogP contribution in [0, 0.1) is 10.1 Å². The molecule has 2 aromatic carbocycles. The quantitative estimate of drug-likeness (QED) is 0.574. The van der Waals surface area contributed by atoms with Gasteiger partial charge < -0.3 is 9.64 Å². The third kappa shape index (κ3) is 4.71. The highest BCUT2D eigenvalue weighted by atomic mass is 32.2. The average Bonchev–Trinajstić information content (AvgIpc) is 2.73. The third-order valence-corrected chi connectivity index (χ3v) is 5.74. The lowest BCUT2D eigenvalue weighted by Gasteiger charge is -2.33. The van der Waals surface area contributed by atoms with Gasteiger partial charge in [-0.05, 0) is 11.6 Å². The normalized spacial score (nSPS) is 17.3. The number of nitro groups is 1. The van der Waals surface area contributed by atoms with Crippen LogP contribution in [0.3, 0.4) is 0 Å². The van der Waals surface area contributed by atoms with E-state index in [0.717, 1.165) is 11.6 Å². The highest BCUT2D eigenvalue weighted by Crippen LogP contribution is 2.22. The number of nitro benzene ring substituents is 1. The first-order chi connectivity index (χ1) is 13.4. The number of carbonyl (C=O) groups excluding carboxylic acids is 1. The fourth-order valence-electron chi connectivity index (χ4n) is 2.86. The summed E-state index contributed by atoms with van der Waals surface area (Å²) in [5, 5.41) is 10.8. The minimum atomic E-state index is -4.05. The van der Waals surface area contributed by atoms with E-state index in [1.54, 1.807) is 0 Å². The summed E-state index contributed by atoms with van der Waals surface area (Å²) in [6.07, 6.45) is -0.271. The molecular weight excluding hydrogens is 386 g/mol. The number of benzene rings is 2. The second-order valence-electron chi connectivity index (χ2n) is 6.19. The zero-order valence-electron chi connectivity index (χ0n) is 14.9. The number of hydrogen-bond donors (Lipinski definition) is 1. The molecule has 1 aliphatic rings. The maximum atomic E-state index is 12.5. The average molecular weight is 405 g/mol. The molecule has 2 aromatic rings. The monoisotopic (exact) mass is 405 g/mol. The fraction of sp³-hybridized carbons (Fsp3) is 0.278. The topological polar surface area (TPSA) is 119 Å². The molecule has 1 amide bonds. The second-order valence-corrected chi connectivity index (χ2v) is 7.96. The van der Waals surface area contributed by atoms with Crippen LogP contribution in [0.4, 0.5) is 5.69 Å². The van der Waals surface area contributed by atoms with Crippen molar-refractivity contribution in [3.05, 3.63) is 70.3 Å². The summed E-state index contributed by atoms with van der Waals surface area (Å²) in [5.41, 5.74) is 0.602. The molecule has 0 aliphatic carbocycles. The number of carbonyl (C=O) groups is 1. The molecule has 1 heterocycles. The standard InChI is InChI=1S/C18H19N3O6S/c22-18(20-9-10-27-17(13-20)14-5-2-1-3-6-14)12-19-28(25,26)16-8-4-7-15(11-16)21(23)24/h1-8,11,17,19H,9-10,12-13H2. The Kier molecular flexibility index (Phi) is 6.02. The van der Waals surface area contributed by atoms with Crippen LogP contribution in [-0.4, -0.2) is 50.4 Å². The first-order valence-electron chi connectivity index (χ1n) is 8.55. The predicted octanol–water partition coefficient (Wildman–Crippen LogP) is 1.47. The van der Waals surface area contributed by atoms with Crippen molar-refractivity contribution in [2.45, 2.75) is 11.0 Å². The van der Waals surface area contributed by atoms with Crippen LogP contribution in [0.5, 0.6) is 0 Å². The molecule has 0 bridgehead atoms. The Morgan fingerprint density at radius 3 is 2.68 bits per heavy atom. The van der Waals surface area contributed by atoms with Gasteiger partial charge >= 0.3 is 0 Å². The molecule has 1 fully saturated rings. The summed E-state index contributed by atoms with van der Waals surface area (Å²) in [7, 11) is -4.05. The lowest BCUT2D eigenvalue weighted by atomic mass is 10.1. The lowest BCUT2D eigenvalue weighted by molar-refractivity contribution is -0.385. The molecule has 1 atom stereocenters. The number of sulfonamides is 1. The second kappa shape index (κ2) is 8.46. The summed E-state index contributed by atoms with van der Waals surface area (Å²) in [4.78, 5) is 23.9. The van der Waals surface area contributed by atoms with Gasteiger partial charge in [0.1, 0.15) is 6.10 Å². The van der Waals surface area contributed by atoms with Gasteiger partial charge in [-0.2, -0.15) is 0 Å². The van der Waals surface area contributed by atoms with Crippen molar-refractivity contribution >= 4 is 21.6 Å². The van der Waals surface area contributed by atoms with E-state index in [-0.39, 0.29) is 16.7 Å². The summed E-state index contributed by atoms with van der Waals surface area (Å²) in [6, 6.07) is 14.1. The molecule has 0 saturated carbocycles. The number of non-ortho nitro benzene ring substituents is 1. The smallest absolute Gasteiger partial charge is 0.270 e. The molecule has 1 saturated heterocycles. The largest absolute Gasteiger partial charge is 0.370 e. The molecular formula is C18H19N3O6S. The van der Waals surface area contributed by atoms with Crippen LogP contribution in [0.2, 0.25) is 0 Å². The Hall–Kier alpha value is -2.82. The summed E-state index contributed by atoms with van der Waals surface area (Å²) < 4.78 is 32.6. The summed E-state index contributed by atoms with van der Waals surface area (Å²) in [6.45, 7) is 0.595. The third-order valence-electron chi connectivity index (χ3n) is 4.34. The number of hydrogen-bond acceptors (Lipinski definition) is 6. The lowest BCUT2D eigenvalue weighted by Crippen LogP contribution is -2.46. The van der Waals surface area contributed by atoms with E-state index in [1.807, 2.05) is 30.3 Å². The van der Waals surface area contributed by atoms with Crippen molar-refractivity contribution in [3.8, 4) is 0 Å². The summed E-state index contributed by atoms with van der Waals surface area (Å²) >= 11 is 0. The van der Waals surface area contributed by atoms with Crippen LogP contribution < -0.4 is 4.72 Å². The Balaban J connectivity index is 1.63. The number of rotatable bonds is 6. The Morgan fingerprint density at radius 1 is 1.21 bits per heavy atom. The molecule has 1 unspecified atom stereocenters. The Bertz CT molecular complexity index is 964. The molecule has 148 valence electrons. The molecule has 10 heteroatoms. The number of nitrogens with one attached hydrogen (secondary N) is 1. The van der Waals surface area contributed by atoms with E-state index in [9.17, 15) is 23.3 Å². The van der Waals surface area contributed by atoms with E-state index in [0.29, 0.717) is 19.7 Å². The number of nitrogens with zero attached hydrogens (tertiary/aromatic N) is 2. The predicted molar refractivity (Wildman–Crippen MR) is 100.0 cm³/mol. The van der Waals surface area contributed by atoms with Gasteiger partial charge in [-0.25, -0.2) is 13.1 Å². The number of amides is 1. The summed E-state index contributed by atoms with van der Waals surface area (Å²) in [5.74, 6) is -0.391. The van der Waals surface area contributed by atoms with Crippen molar-refractivity contribution < 1.29 is 22.9 Å². The van der Waals surface area contributed by atoms with Crippen LogP contribution in [-0.2, 0) is 19.6 Å². The minimum absolute atomic E-state index is 0.265. The molecule has 1 aliphatic heterocycles. The van der Waals surface area contributed by atoms with E-state index in [2.05, 4.69) is 4.72 Å². The van der Waals surface area contributed by atoms with Gasteiger partial charge in [0.05, 0.1) is 29.5 Å². The van der Waals surface area contributed by atoms with Gasteiger partial charge in [-0.3, -0.25) is 14.9 Å². The van der Waals surface area contributed by atoms with E-state index in [1.165, 1.54) is 23.1 Å². The van der Waals surface area contributed by atoms with Crippen LogP contribution in [0.1, 0.15) is 11.7 Å². The van der Waals surface area contributed by atoms with Gasteiger partial charge in [-0.15, -0.1) is 0 Å². The highest BCUT2D eigenvalue weighted by Gasteiger charge is 2.26. The fourth-order valence-corrected chi connectivity index (χ4v) is 3.88. The van der Waals surface area contributed by atoms with Crippen molar-refractivity contribution in [1.29, 1.82) is 0 Å². The minimum Gasteiger partial charge on any atom is -0.370 e. The van der Waals surface area contributed by atoms with E-state index < -0.39 is 27.4 Å². The van der Waals surface area contributed by atoms with Crippen molar-refractivity contribution in [3.63, 3.8) is 0 Å². The Labute approximate surface area is 162 Å². The van der Waals surface area contributed by atoms with Gasteiger partial charge in [0.2, 0.25) is 15.9 Å².